The van der Waals surface area contributed by atoms with E-state index in [0.717, 1.165) is 37.8 Å². The summed E-state index contributed by atoms with van der Waals surface area (Å²) in [4.78, 5) is 3.49. The molecule has 1 aliphatic carbocycles. The van der Waals surface area contributed by atoms with E-state index in [1.807, 2.05) is 0 Å². The molecule has 1 aromatic rings. The number of nitrogens with zero attached hydrogens (tertiary/aromatic N) is 1. The van der Waals surface area contributed by atoms with Crippen LogP contribution < -0.4 is 15.8 Å². The number of rotatable bonds is 6. The highest BCUT2D eigenvalue weighted by Crippen LogP contribution is 2.17. The summed E-state index contributed by atoms with van der Waals surface area (Å²) in [6, 6.07) is 2.61. The van der Waals surface area contributed by atoms with Gasteiger partial charge in [-0.15, -0.1) is 0 Å². The Morgan fingerprint density at radius 3 is 2.52 bits per heavy atom. The van der Waals surface area contributed by atoms with Crippen LogP contribution >= 0.6 is 0 Å². The number of halogens is 2. The molecule has 140 valence electrons. The van der Waals surface area contributed by atoms with E-state index in [-0.39, 0.29) is 19.0 Å². The molecule has 4 N–H and O–H groups in total. The first-order chi connectivity index (χ1) is 11.9. The Bertz CT molecular complexity index is 702. The standard InChI is InChI=1S/C16H24F2N4O2S/c17-12-7-8-15(14(18)11-12)25(23,24)21-10-9-20-16(19)22-13-5-3-1-2-4-6-13/h7-8,11,13,21H,1-6,9-10H2,(H3,19,20,22). The fourth-order valence-electron chi connectivity index (χ4n) is 2.81. The highest BCUT2D eigenvalue weighted by molar-refractivity contribution is 7.89. The Kier molecular flexibility index (Phi) is 7.12. The largest absolute Gasteiger partial charge is 0.370 e. The number of hydrogen-bond acceptors (Lipinski definition) is 3. The number of guanidine groups is 1. The average molecular weight is 374 g/mol. The number of sulfonamides is 1. The first-order valence-corrected chi connectivity index (χ1v) is 9.88. The first kappa shape index (κ1) is 19.6. The molecule has 1 aromatic carbocycles. The van der Waals surface area contributed by atoms with E-state index in [0.29, 0.717) is 12.1 Å². The maximum atomic E-state index is 13.6. The lowest BCUT2D eigenvalue weighted by Gasteiger charge is -2.16. The summed E-state index contributed by atoms with van der Waals surface area (Å²) in [5.41, 5.74) is 5.82. The lowest BCUT2D eigenvalue weighted by atomic mass is 10.1. The van der Waals surface area contributed by atoms with Gasteiger partial charge in [0, 0.05) is 18.7 Å². The quantitative estimate of drug-likeness (QED) is 0.306. The molecule has 0 heterocycles. The van der Waals surface area contributed by atoms with E-state index >= 15 is 0 Å². The van der Waals surface area contributed by atoms with Gasteiger partial charge >= 0.3 is 0 Å². The molecule has 2 rings (SSSR count). The van der Waals surface area contributed by atoms with Gasteiger partial charge in [-0.2, -0.15) is 0 Å². The first-order valence-electron chi connectivity index (χ1n) is 8.39. The van der Waals surface area contributed by atoms with Gasteiger partial charge < -0.3 is 11.1 Å². The maximum absolute atomic E-state index is 13.6. The van der Waals surface area contributed by atoms with Crippen molar-refractivity contribution in [3.63, 3.8) is 0 Å². The third kappa shape index (κ3) is 6.24. The molecule has 0 amide bonds. The second kappa shape index (κ2) is 9.10. The second-order valence-corrected chi connectivity index (χ2v) is 7.81. The number of hydrogen-bond donors (Lipinski definition) is 3. The van der Waals surface area contributed by atoms with Gasteiger partial charge in [-0.25, -0.2) is 21.9 Å². The van der Waals surface area contributed by atoms with Crippen LogP contribution in [0.2, 0.25) is 0 Å². The fourth-order valence-corrected chi connectivity index (χ4v) is 3.88. The normalized spacial score (nSPS) is 17.3. The van der Waals surface area contributed by atoms with Crippen molar-refractivity contribution in [2.24, 2.45) is 10.7 Å². The van der Waals surface area contributed by atoms with Gasteiger partial charge in [-0.05, 0) is 25.0 Å². The summed E-state index contributed by atoms with van der Waals surface area (Å²) >= 11 is 0. The molecule has 9 heteroatoms. The second-order valence-electron chi connectivity index (χ2n) is 6.07. The van der Waals surface area contributed by atoms with E-state index in [2.05, 4.69) is 15.0 Å². The zero-order valence-electron chi connectivity index (χ0n) is 14.0. The van der Waals surface area contributed by atoms with Crippen molar-refractivity contribution >= 4 is 16.0 Å². The van der Waals surface area contributed by atoms with Crippen molar-refractivity contribution in [1.29, 1.82) is 0 Å². The van der Waals surface area contributed by atoms with Gasteiger partial charge in [-0.3, -0.25) is 4.99 Å². The summed E-state index contributed by atoms with van der Waals surface area (Å²) in [7, 11) is -4.06. The average Bonchev–Trinajstić information content (AvgIpc) is 2.80. The molecular formula is C16H24F2N4O2S. The van der Waals surface area contributed by atoms with E-state index in [1.165, 1.54) is 12.8 Å². The van der Waals surface area contributed by atoms with Crippen LogP contribution in [0.5, 0.6) is 0 Å². The summed E-state index contributed by atoms with van der Waals surface area (Å²) in [5.74, 6) is -1.69. The zero-order valence-corrected chi connectivity index (χ0v) is 14.8. The summed E-state index contributed by atoms with van der Waals surface area (Å²) < 4.78 is 52.6. The number of nitrogens with two attached hydrogens (primary N) is 1. The molecule has 1 saturated carbocycles. The highest BCUT2D eigenvalue weighted by Gasteiger charge is 2.19. The van der Waals surface area contributed by atoms with E-state index in [9.17, 15) is 17.2 Å². The van der Waals surface area contributed by atoms with Gasteiger partial charge in [0.1, 0.15) is 16.5 Å². The smallest absolute Gasteiger partial charge is 0.243 e. The van der Waals surface area contributed by atoms with Crippen LogP contribution in [0.4, 0.5) is 8.78 Å². The van der Waals surface area contributed by atoms with Crippen LogP contribution in [0.3, 0.4) is 0 Å². The lowest BCUT2D eigenvalue weighted by molar-refractivity contribution is 0.529. The Labute approximate surface area is 147 Å². The van der Waals surface area contributed by atoms with Gasteiger partial charge in [-0.1, -0.05) is 25.7 Å². The number of benzene rings is 1. The molecule has 1 fully saturated rings. The van der Waals surface area contributed by atoms with Crippen LogP contribution in [-0.4, -0.2) is 33.5 Å². The molecule has 0 saturated heterocycles. The molecule has 0 radical (unpaired) electrons. The van der Waals surface area contributed by atoms with Gasteiger partial charge in [0.15, 0.2) is 5.96 Å². The molecule has 25 heavy (non-hydrogen) atoms. The van der Waals surface area contributed by atoms with E-state index in [4.69, 9.17) is 5.73 Å². The molecule has 0 atom stereocenters. The fraction of sp³-hybridized carbons (Fsp3) is 0.562. The topological polar surface area (TPSA) is 96.6 Å². The Balaban J connectivity index is 1.82. The van der Waals surface area contributed by atoms with E-state index < -0.39 is 26.6 Å². The summed E-state index contributed by atoms with van der Waals surface area (Å²) in [6.07, 6.45) is 6.88. The Morgan fingerprint density at radius 2 is 1.88 bits per heavy atom. The maximum Gasteiger partial charge on any atom is 0.243 e. The zero-order chi connectivity index (χ0) is 18.3. The van der Waals surface area contributed by atoms with Crippen molar-refractivity contribution in [2.75, 3.05) is 13.1 Å². The molecule has 0 aliphatic heterocycles. The summed E-state index contributed by atoms with van der Waals surface area (Å²) in [6.45, 7) is 0.0831. The minimum Gasteiger partial charge on any atom is -0.370 e. The van der Waals surface area contributed by atoms with Crippen molar-refractivity contribution in [3.8, 4) is 0 Å². The van der Waals surface area contributed by atoms with Crippen LogP contribution in [-0.2, 0) is 10.0 Å². The predicted molar refractivity (Wildman–Crippen MR) is 92.7 cm³/mol. The van der Waals surface area contributed by atoms with Gasteiger partial charge in [0.25, 0.3) is 0 Å². The molecule has 0 unspecified atom stereocenters. The molecule has 1 aliphatic rings. The third-order valence-corrected chi connectivity index (χ3v) is 5.57. The predicted octanol–water partition coefficient (Wildman–Crippen LogP) is 1.87. The number of nitrogens with one attached hydrogen (secondary N) is 2. The van der Waals surface area contributed by atoms with Crippen LogP contribution in [0.15, 0.2) is 28.1 Å². The molecular weight excluding hydrogens is 350 g/mol. The van der Waals surface area contributed by atoms with Crippen molar-refractivity contribution in [1.82, 2.24) is 10.0 Å². The van der Waals surface area contributed by atoms with Crippen LogP contribution in [0, 0.1) is 11.6 Å². The SMILES string of the molecule is NC(=NCCNS(=O)(=O)c1ccc(F)cc1F)NC1CCCCCC1. The monoisotopic (exact) mass is 374 g/mol. The van der Waals surface area contributed by atoms with E-state index in [1.54, 1.807) is 0 Å². The molecule has 0 aromatic heterocycles. The molecule has 0 spiro atoms. The minimum atomic E-state index is -4.06. The third-order valence-electron chi connectivity index (χ3n) is 4.08. The van der Waals surface area contributed by atoms with Gasteiger partial charge in [0.05, 0.1) is 6.54 Å². The van der Waals surface area contributed by atoms with Crippen molar-refractivity contribution < 1.29 is 17.2 Å². The van der Waals surface area contributed by atoms with Crippen molar-refractivity contribution in [3.05, 3.63) is 29.8 Å². The van der Waals surface area contributed by atoms with Crippen LogP contribution in [0.25, 0.3) is 0 Å². The highest BCUT2D eigenvalue weighted by atomic mass is 32.2. The van der Waals surface area contributed by atoms with Gasteiger partial charge in [0.2, 0.25) is 10.0 Å². The molecule has 6 nitrogen and oxygen atoms in total. The van der Waals surface area contributed by atoms with Crippen LogP contribution in [0.1, 0.15) is 38.5 Å². The summed E-state index contributed by atoms with van der Waals surface area (Å²) in [5, 5.41) is 3.15. The Hall–Kier alpha value is -1.74. The minimum absolute atomic E-state index is 0.0355. The molecule has 0 bridgehead atoms. The van der Waals surface area contributed by atoms with Crippen molar-refractivity contribution in [2.45, 2.75) is 49.5 Å². The number of aliphatic imine (C=N–C) groups is 1. The lowest BCUT2D eigenvalue weighted by Crippen LogP contribution is -2.40. The Morgan fingerprint density at radius 1 is 1.20 bits per heavy atom.